The van der Waals surface area contributed by atoms with Crippen LogP contribution in [0, 0.1) is 0 Å². The average molecular weight is 333 g/mol. The van der Waals surface area contributed by atoms with E-state index < -0.39 is 8.32 Å². The van der Waals surface area contributed by atoms with Gasteiger partial charge < -0.3 is 9.16 Å². The van der Waals surface area contributed by atoms with Crippen molar-refractivity contribution >= 4 is 13.5 Å². The number of benzene rings is 1. The van der Waals surface area contributed by atoms with Crippen molar-refractivity contribution in [3.05, 3.63) is 30.3 Å². The van der Waals surface area contributed by atoms with Gasteiger partial charge in [0.05, 0.1) is 12.2 Å². The van der Waals surface area contributed by atoms with Gasteiger partial charge in [-0.15, -0.1) is 0 Å². The molecule has 1 aromatic carbocycles. The van der Waals surface area contributed by atoms with Crippen LogP contribution >= 0.6 is 0 Å². The van der Waals surface area contributed by atoms with Crippen LogP contribution < -0.4 is 5.19 Å². The molecule has 2 nitrogen and oxygen atoms in total. The van der Waals surface area contributed by atoms with E-state index in [1.54, 1.807) is 0 Å². The van der Waals surface area contributed by atoms with Crippen molar-refractivity contribution in [3.8, 4) is 0 Å². The van der Waals surface area contributed by atoms with Gasteiger partial charge in [0.2, 0.25) is 8.32 Å². The number of rotatable bonds is 2. The zero-order valence-electron chi connectivity index (χ0n) is 15.4. The quantitative estimate of drug-likeness (QED) is 0.726. The maximum Gasteiger partial charge on any atom is 0.238 e. The molecular formula is C20H32O2Si. The molecule has 1 spiro atoms. The van der Waals surface area contributed by atoms with Gasteiger partial charge in [-0.05, 0) is 30.0 Å². The molecule has 0 amide bonds. The lowest BCUT2D eigenvalue weighted by molar-refractivity contribution is 0.00680. The summed E-state index contributed by atoms with van der Waals surface area (Å²) in [5.41, 5.74) is 0. The first-order valence-corrected chi connectivity index (χ1v) is 11.1. The van der Waals surface area contributed by atoms with E-state index in [9.17, 15) is 0 Å². The standard InChI is InChI=1S/C20H32O2Si/c1-16-18(21-5)20(14-10-7-11-15-20)23(22-16,19(2,3)4)17-12-8-6-9-13-17/h6,8-9,12-13,16,18H,7,10-11,14-15H2,1-5H3/t16-,18+,23+/m0/s1. The summed E-state index contributed by atoms with van der Waals surface area (Å²) >= 11 is 0. The molecule has 1 aliphatic carbocycles. The maximum absolute atomic E-state index is 7.01. The fourth-order valence-electron chi connectivity index (χ4n) is 5.73. The highest BCUT2D eigenvalue weighted by Crippen LogP contribution is 2.66. The summed E-state index contributed by atoms with van der Waals surface area (Å²) in [7, 11) is -0.344. The van der Waals surface area contributed by atoms with Crippen LogP contribution in [0.4, 0.5) is 0 Å². The predicted octanol–water partition coefficient (Wildman–Crippen LogP) is 4.78. The Balaban J connectivity index is 2.24. The van der Waals surface area contributed by atoms with Crippen molar-refractivity contribution < 1.29 is 9.16 Å². The van der Waals surface area contributed by atoms with Crippen LogP contribution in [0.1, 0.15) is 59.8 Å². The summed E-state index contributed by atoms with van der Waals surface area (Å²) in [6, 6.07) is 11.1. The Morgan fingerprint density at radius 3 is 2.22 bits per heavy atom. The molecule has 0 N–H and O–H groups in total. The lowest BCUT2D eigenvalue weighted by Gasteiger charge is -2.53. The third-order valence-electron chi connectivity index (χ3n) is 6.27. The number of methoxy groups -OCH3 is 1. The third-order valence-corrected chi connectivity index (χ3v) is 12.4. The first-order valence-electron chi connectivity index (χ1n) is 9.15. The highest BCUT2D eigenvalue weighted by atomic mass is 28.4. The molecule has 0 bridgehead atoms. The average Bonchev–Trinajstić information content (AvgIpc) is 2.77. The number of hydrogen-bond donors (Lipinski definition) is 0. The van der Waals surface area contributed by atoms with Gasteiger partial charge in [-0.2, -0.15) is 0 Å². The molecule has 3 heteroatoms. The van der Waals surface area contributed by atoms with Crippen molar-refractivity contribution in [1.82, 2.24) is 0 Å². The zero-order valence-corrected chi connectivity index (χ0v) is 16.4. The molecular weight excluding hydrogens is 300 g/mol. The second-order valence-corrected chi connectivity index (χ2v) is 13.2. The Labute approximate surface area is 142 Å². The van der Waals surface area contributed by atoms with E-state index >= 15 is 0 Å². The summed E-state index contributed by atoms with van der Waals surface area (Å²) in [5.74, 6) is 0. The number of ether oxygens (including phenoxy) is 1. The monoisotopic (exact) mass is 332 g/mol. The topological polar surface area (TPSA) is 18.5 Å². The van der Waals surface area contributed by atoms with E-state index in [0.717, 1.165) is 0 Å². The molecule has 3 rings (SSSR count). The maximum atomic E-state index is 7.01. The van der Waals surface area contributed by atoms with Gasteiger partial charge in [0, 0.05) is 12.1 Å². The largest absolute Gasteiger partial charge is 0.406 e. The zero-order chi connectivity index (χ0) is 16.7. The van der Waals surface area contributed by atoms with Gasteiger partial charge in [0.1, 0.15) is 0 Å². The van der Waals surface area contributed by atoms with Crippen LogP contribution in [-0.4, -0.2) is 27.6 Å². The van der Waals surface area contributed by atoms with Gasteiger partial charge in [-0.3, -0.25) is 0 Å². The molecule has 1 heterocycles. The van der Waals surface area contributed by atoms with E-state index in [1.165, 1.54) is 37.3 Å². The van der Waals surface area contributed by atoms with Crippen LogP contribution in [0.2, 0.25) is 10.1 Å². The van der Waals surface area contributed by atoms with E-state index in [2.05, 4.69) is 58.0 Å². The Bertz CT molecular complexity index is 530. The van der Waals surface area contributed by atoms with Gasteiger partial charge in [-0.25, -0.2) is 0 Å². The van der Waals surface area contributed by atoms with E-state index in [1.807, 2.05) is 7.11 Å². The second kappa shape index (κ2) is 6.02. The van der Waals surface area contributed by atoms with Gasteiger partial charge >= 0.3 is 0 Å². The molecule has 0 aromatic heterocycles. The summed E-state index contributed by atoms with van der Waals surface area (Å²) in [4.78, 5) is 0. The first-order chi connectivity index (χ1) is 10.9. The van der Waals surface area contributed by atoms with E-state index in [-0.39, 0.29) is 22.3 Å². The molecule has 0 unspecified atom stereocenters. The lowest BCUT2D eigenvalue weighted by atomic mass is 9.82. The predicted molar refractivity (Wildman–Crippen MR) is 98.7 cm³/mol. The minimum Gasteiger partial charge on any atom is -0.406 e. The highest BCUT2D eigenvalue weighted by molar-refractivity contribution is 6.92. The van der Waals surface area contributed by atoms with E-state index in [0.29, 0.717) is 0 Å². The Hall–Kier alpha value is -0.643. The fourth-order valence-corrected chi connectivity index (χ4v) is 12.5. The Kier molecular flexibility index (Phi) is 4.50. The van der Waals surface area contributed by atoms with Crippen LogP contribution in [0.5, 0.6) is 0 Å². The molecule has 2 fully saturated rings. The van der Waals surface area contributed by atoms with Crippen LogP contribution in [0.3, 0.4) is 0 Å². The van der Waals surface area contributed by atoms with Crippen molar-refractivity contribution in [2.75, 3.05) is 7.11 Å². The molecule has 23 heavy (non-hydrogen) atoms. The Morgan fingerprint density at radius 2 is 1.70 bits per heavy atom. The first kappa shape index (κ1) is 17.2. The Morgan fingerprint density at radius 1 is 1.09 bits per heavy atom. The van der Waals surface area contributed by atoms with Gasteiger partial charge in [0.15, 0.2) is 0 Å². The molecule has 128 valence electrons. The minimum atomic E-state index is -2.23. The summed E-state index contributed by atoms with van der Waals surface area (Å²) < 4.78 is 13.1. The smallest absolute Gasteiger partial charge is 0.238 e. The van der Waals surface area contributed by atoms with E-state index in [4.69, 9.17) is 9.16 Å². The van der Waals surface area contributed by atoms with Gasteiger partial charge in [0.25, 0.3) is 0 Å². The lowest BCUT2D eigenvalue weighted by Crippen LogP contribution is -2.64. The normalized spacial score (nSPS) is 34.0. The molecule has 1 aliphatic heterocycles. The van der Waals surface area contributed by atoms with Crippen molar-refractivity contribution in [2.45, 2.75) is 82.1 Å². The van der Waals surface area contributed by atoms with Crippen molar-refractivity contribution in [1.29, 1.82) is 0 Å². The molecule has 1 saturated carbocycles. The summed E-state index contributed by atoms with van der Waals surface area (Å²) in [6.07, 6.45) is 6.91. The van der Waals surface area contributed by atoms with Crippen molar-refractivity contribution in [2.24, 2.45) is 0 Å². The van der Waals surface area contributed by atoms with Crippen LogP contribution in [0.25, 0.3) is 0 Å². The third kappa shape index (κ3) is 2.35. The highest BCUT2D eigenvalue weighted by Gasteiger charge is 2.71. The second-order valence-electron chi connectivity index (χ2n) is 8.49. The van der Waals surface area contributed by atoms with Gasteiger partial charge in [-0.1, -0.05) is 70.4 Å². The molecule has 2 aliphatic rings. The minimum absolute atomic E-state index is 0.146. The van der Waals surface area contributed by atoms with Crippen LogP contribution in [0.15, 0.2) is 30.3 Å². The molecule has 0 radical (unpaired) electrons. The summed E-state index contributed by atoms with van der Waals surface area (Å²) in [5, 5.41) is 1.81. The fraction of sp³-hybridized carbons (Fsp3) is 0.700. The van der Waals surface area contributed by atoms with Crippen molar-refractivity contribution in [3.63, 3.8) is 0 Å². The molecule has 1 saturated heterocycles. The summed E-state index contributed by atoms with van der Waals surface area (Å²) in [6.45, 7) is 9.42. The molecule has 1 aromatic rings. The molecule has 3 atom stereocenters. The SMILES string of the molecule is CO[C@@H]1[C@H](C)O[Si@](c2ccccc2)(C(C)(C)C)C12CCCCC2. The van der Waals surface area contributed by atoms with Crippen LogP contribution in [-0.2, 0) is 9.16 Å². The number of hydrogen-bond acceptors (Lipinski definition) is 2.